The molecule has 2 aromatic rings. The van der Waals surface area contributed by atoms with Crippen LogP contribution >= 0.6 is 11.3 Å². The molecular formula is C14H14FNOS. The van der Waals surface area contributed by atoms with Crippen LogP contribution in [0.3, 0.4) is 0 Å². The van der Waals surface area contributed by atoms with Gasteiger partial charge in [0.2, 0.25) is 5.91 Å². The van der Waals surface area contributed by atoms with Gasteiger partial charge in [-0.05, 0) is 35.6 Å². The summed E-state index contributed by atoms with van der Waals surface area (Å²) in [6.07, 6.45) is 1.22. The standard InChI is InChI=1S/C14H14FNOS/c15-12-4-1-3-11(9-12)10-16-14(17)7-6-13-5-2-8-18-13/h1-5,8-9H,6-7,10H2,(H,16,17). The number of thiophene rings is 1. The summed E-state index contributed by atoms with van der Waals surface area (Å²) in [5.74, 6) is -0.284. The quantitative estimate of drug-likeness (QED) is 0.882. The Morgan fingerprint density at radius 1 is 1.28 bits per heavy atom. The summed E-state index contributed by atoms with van der Waals surface area (Å²) in [6, 6.07) is 10.3. The van der Waals surface area contributed by atoms with Crippen LogP contribution in [0.4, 0.5) is 4.39 Å². The van der Waals surface area contributed by atoms with Crippen molar-refractivity contribution in [3.05, 3.63) is 58.0 Å². The van der Waals surface area contributed by atoms with Crippen LogP contribution in [0.15, 0.2) is 41.8 Å². The third kappa shape index (κ3) is 3.96. The average molecular weight is 263 g/mol. The normalized spacial score (nSPS) is 10.3. The van der Waals surface area contributed by atoms with Crippen molar-refractivity contribution in [1.29, 1.82) is 0 Å². The summed E-state index contributed by atoms with van der Waals surface area (Å²) in [5.41, 5.74) is 0.777. The predicted octanol–water partition coefficient (Wildman–Crippen LogP) is 3.14. The first-order valence-electron chi connectivity index (χ1n) is 5.77. The third-order valence-electron chi connectivity index (χ3n) is 2.56. The topological polar surface area (TPSA) is 29.1 Å². The first-order valence-corrected chi connectivity index (χ1v) is 6.65. The van der Waals surface area contributed by atoms with Crippen LogP contribution in [0.25, 0.3) is 0 Å². The Kier molecular flexibility index (Phi) is 4.47. The molecule has 1 amide bonds. The average Bonchev–Trinajstić information content (AvgIpc) is 2.87. The lowest BCUT2D eigenvalue weighted by molar-refractivity contribution is -0.121. The van der Waals surface area contributed by atoms with Crippen molar-refractivity contribution in [2.75, 3.05) is 0 Å². The summed E-state index contributed by atoms with van der Waals surface area (Å²) in [7, 11) is 0. The van der Waals surface area contributed by atoms with Crippen LogP contribution in [0.5, 0.6) is 0 Å². The fraction of sp³-hybridized carbons (Fsp3) is 0.214. The highest BCUT2D eigenvalue weighted by atomic mass is 32.1. The molecule has 0 atom stereocenters. The molecule has 94 valence electrons. The minimum Gasteiger partial charge on any atom is -0.352 e. The number of benzene rings is 1. The number of halogens is 1. The second-order valence-corrected chi connectivity index (χ2v) is 5.02. The van der Waals surface area contributed by atoms with Crippen molar-refractivity contribution in [2.24, 2.45) is 0 Å². The summed E-state index contributed by atoms with van der Waals surface area (Å²) in [5, 5.41) is 4.79. The van der Waals surface area contributed by atoms with E-state index in [0.29, 0.717) is 13.0 Å². The largest absolute Gasteiger partial charge is 0.352 e. The molecule has 0 spiro atoms. The van der Waals surface area contributed by atoms with Gasteiger partial charge in [-0.3, -0.25) is 4.79 Å². The smallest absolute Gasteiger partial charge is 0.220 e. The van der Waals surface area contributed by atoms with Crippen molar-refractivity contribution in [3.63, 3.8) is 0 Å². The van der Waals surface area contributed by atoms with Crippen LogP contribution in [-0.2, 0) is 17.8 Å². The molecule has 0 bridgehead atoms. The maximum atomic E-state index is 12.9. The summed E-state index contributed by atoms with van der Waals surface area (Å²) in [6.45, 7) is 0.376. The van der Waals surface area contributed by atoms with E-state index in [0.717, 1.165) is 12.0 Å². The van der Waals surface area contributed by atoms with Crippen molar-refractivity contribution in [1.82, 2.24) is 5.32 Å². The highest BCUT2D eigenvalue weighted by Gasteiger charge is 2.03. The van der Waals surface area contributed by atoms with E-state index in [2.05, 4.69) is 5.32 Å². The van der Waals surface area contributed by atoms with Gasteiger partial charge in [0, 0.05) is 17.8 Å². The van der Waals surface area contributed by atoms with Gasteiger partial charge in [-0.2, -0.15) is 0 Å². The predicted molar refractivity (Wildman–Crippen MR) is 70.9 cm³/mol. The van der Waals surface area contributed by atoms with Gasteiger partial charge in [0.25, 0.3) is 0 Å². The minimum atomic E-state index is -0.277. The van der Waals surface area contributed by atoms with Crippen molar-refractivity contribution in [3.8, 4) is 0 Å². The highest BCUT2D eigenvalue weighted by molar-refractivity contribution is 7.09. The zero-order valence-corrected chi connectivity index (χ0v) is 10.7. The van der Waals surface area contributed by atoms with Crippen molar-refractivity contribution in [2.45, 2.75) is 19.4 Å². The van der Waals surface area contributed by atoms with Gasteiger partial charge in [-0.15, -0.1) is 11.3 Å². The molecule has 0 fully saturated rings. The Morgan fingerprint density at radius 3 is 2.89 bits per heavy atom. The van der Waals surface area contributed by atoms with E-state index < -0.39 is 0 Å². The minimum absolute atomic E-state index is 0.00680. The molecule has 0 radical (unpaired) electrons. The number of carbonyl (C=O) groups excluding carboxylic acids is 1. The van der Waals surface area contributed by atoms with E-state index in [1.807, 2.05) is 17.5 Å². The Bertz CT molecular complexity index is 510. The Morgan fingerprint density at radius 2 is 2.17 bits per heavy atom. The Balaban J connectivity index is 1.75. The van der Waals surface area contributed by atoms with E-state index in [1.54, 1.807) is 23.5 Å². The van der Waals surface area contributed by atoms with Gasteiger partial charge < -0.3 is 5.32 Å². The second-order valence-electron chi connectivity index (χ2n) is 3.99. The van der Waals surface area contributed by atoms with Gasteiger partial charge >= 0.3 is 0 Å². The van der Waals surface area contributed by atoms with Gasteiger partial charge in [0.1, 0.15) is 5.82 Å². The van der Waals surface area contributed by atoms with Crippen molar-refractivity contribution < 1.29 is 9.18 Å². The number of nitrogens with one attached hydrogen (secondary N) is 1. The Hall–Kier alpha value is -1.68. The molecule has 0 aliphatic rings. The van der Waals surface area contributed by atoms with Crippen LogP contribution in [0, 0.1) is 5.82 Å². The summed E-state index contributed by atoms with van der Waals surface area (Å²) >= 11 is 1.65. The number of hydrogen-bond donors (Lipinski definition) is 1. The van der Waals surface area contributed by atoms with Crippen LogP contribution < -0.4 is 5.32 Å². The first-order chi connectivity index (χ1) is 8.74. The molecule has 1 aromatic heterocycles. The van der Waals surface area contributed by atoms with E-state index in [1.165, 1.54) is 17.0 Å². The fourth-order valence-corrected chi connectivity index (χ4v) is 2.34. The summed E-state index contributed by atoms with van der Waals surface area (Å²) in [4.78, 5) is 12.8. The first kappa shape index (κ1) is 12.8. The lowest BCUT2D eigenvalue weighted by atomic mass is 10.2. The maximum absolute atomic E-state index is 12.9. The highest BCUT2D eigenvalue weighted by Crippen LogP contribution is 2.10. The number of rotatable bonds is 5. The summed E-state index contributed by atoms with van der Waals surface area (Å²) < 4.78 is 12.9. The molecule has 18 heavy (non-hydrogen) atoms. The molecule has 4 heteroatoms. The van der Waals surface area contributed by atoms with E-state index >= 15 is 0 Å². The van der Waals surface area contributed by atoms with Crippen LogP contribution in [-0.4, -0.2) is 5.91 Å². The SMILES string of the molecule is O=C(CCc1cccs1)NCc1cccc(F)c1. The van der Waals surface area contributed by atoms with E-state index in [9.17, 15) is 9.18 Å². The number of carbonyl (C=O) groups is 1. The molecule has 0 saturated heterocycles. The third-order valence-corrected chi connectivity index (χ3v) is 3.49. The van der Waals surface area contributed by atoms with Crippen LogP contribution in [0.1, 0.15) is 16.9 Å². The zero-order chi connectivity index (χ0) is 12.8. The zero-order valence-electron chi connectivity index (χ0n) is 9.86. The Labute approximate surface area is 109 Å². The monoisotopic (exact) mass is 263 g/mol. The van der Waals surface area contributed by atoms with Gasteiger partial charge in [-0.1, -0.05) is 18.2 Å². The molecule has 0 saturated carbocycles. The number of hydrogen-bond acceptors (Lipinski definition) is 2. The second kappa shape index (κ2) is 6.31. The molecule has 1 N–H and O–H groups in total. The fourth-order valence-electron chi connectivity index (χ4n) is 1.63. The van der Waals surface area contributed by atoms with Gasteiger partial charge in [-0.25, -0.2) is 4.39 Å². The molecule has 2 rings (SSSR count). The molecule has 0 unspecified atom stereocenters. The molecule has 1 aromatic carbocycles. The molecule has 0 aliphatic heterocycles. The van der Waals surface area contributed by atoms with Crippen LogP contribution in [0.2, 0.25) is 0 Å². The van der Waals surface area contributed by atoms with Gasteiger partial charge in [0.05, 0.1) is 0 Å². The van der Waals surface area contributed by atoms with E-state index in [4.69, 9.17) is 0 Å². The molecule has 2 nitrogen and oxygen atoms in total. The molecule has 0 aliphatic carbocycles. The lowest BCUT2D eigenvalue weighted by Crippen LogP contribution is -2.22. The van der Waals surface area contributed by atoms with Gasteiger partial charge in [0.15, 0.2) is 0 Å². The lowest BCUT2D eigenvalue weighted by Gasteiger charge is -2.04. The maximum Gasteiger partial charge on any atom is 0.220 e. The molecule has 1 heterocycles. The number of amides is 1. The van der Waals surface area contributed by atoms with E-state index in [-0.39, 0.29) is 11.7 Å². The number of aryl methyl sites for hydroxylation is 1. The van der Waals surface area contributed by atoms with Crippen molar-refractivity contribution >= 4 is 17.2 Å². The molecular weight excluding hydrogens is 249 g/mol.